The predicted molar refractivity (Wildman–Crippen MR) is 132 cm³/mol. The Balaban J connectivity index is 1.42. The highest BCUT2D eigenvalue weighted by atomic mass is 19.1. The van der Waals surface area contributed by atoms with Crippen molar-refractivity contribution in [2.75, 3.05) is 43.6 Å². The van der Waals surface area contributed by atoms with Gasteiger partial charge in [-0.1, -0.05) is 37.3 Å². The third kappa shape index (κ3) is 5.13. The van der Waals surface area contributed by atoms with Crippen LogP contribution in [0.5, 0.6) is 0 Å². The Morgan fingerprint density at radius 1 is 1.17 bits per heavy atom. The van der Waals surface area contributed by atoms with Gasteiger partial charge in [0.2, 0.25) is 5.91 Å². The number of amides is 3. The SMILES string of the molecule is COC(C(=O)N[C@H]1CN(c2ccc(N3CC(N(C)C(C)=O)OC3=O)cc2F)C[C@H]1C)c1ccccc1. The number of nitrogens with zero attached hydrogens (tertiary/aromatic N) is 3. The van der Waals surface area contributed by atoms with Crippen LogP contribution in [0, 0.1) is 11.7 Å². The Morgan fingerprint density at radius 3 is 2.53 bits per heavy atom. The van der Waals surface area contributed by atoms with Gasteiger partial charge >= 0.3 is 6.09 Å². The summed E-state index contributed by atoms with van der Waals surface area (Å²) in [5.74, 6) is -0.878. The fourth-order valence-corrected chi connectivity index (χ4v) is 4.62. The minimum absolute atomic E-state index is 0.0812. The minimum atomic E-state index is -0.728. The summed E-state index contributed by atoms with van der Waals surface area (Å²) >= 11 is 0. The van der Waals surface area contributed by atoms with E-state index in [9.17, 15) is 14.4 Å². The Morgan fingerprint density at radius 2 is 1.89 bits per heavy atom. The van der Waals surface area contributed by atoms with E-state index in [4.69, 9.17) is 9.47 Å². The topological polar surface area (TPSA) is 91.4 Å². The van der Waals surface area contributed by atoms with Crippen LogP contribution in [0.4, 0.5) is 20.6 Å². The molecule has 192 valence electrons. The summed E-state index contributed by atoms with van der Waals surface area (Å²) < 4.78 is 25.9. The second-order valence-electron chi connectivity index (χ2n) is 9.24. The van der Waals surface area contributed by atoms with Crippen LogP contribution in [0.15, 0.2) is 48.5 Å². The molecule has 0 bridgehead atoms. The van der Waals surface area contributed by atoms with Crippen molar-refractivity contribution in [3.8, 4) is 0 Å². The number of nitrogens with one attached hydrogen (secondary N) is 1. The lowest BCUT2D eigenvalue weighted by Gasteiger charge is -2.23. The molecule has 0 aliphatic carbocycles. The summed E-state index contributed by atoms with van der Waals surface area (Å²) in [5, 5.41) is 3.05. The molecule has 2 saturated heterocycles. The number of ether oxygens (including phenoxy) is 2. The van der Waals surface area contributed by atoms with Crippen LogP contribution in [-0.4, -0.2) is 68.9 Å². The molecule has 4 atom stereocenters. The molecule has 0 radical (unpaired) electrons. The number of anilines is 2. The van der Waals surface area contributed by atoms with E-state index in [0.717, 1.165) is 5.56 Å². The van der Waals surface area contributed by atoms with Crippen LogP contribution in [-0.2, 0) is 19.1 Å². The van der Waals surface area contributed by atoms with Crippen LogP contribution >= 0.6 is 0 Å². The molecule has 2 aliphatic heterocycles. The van der Waals surface area contributed by atoms with E-state index in [0.29, 0.717) is 24.5 Å². The number of carbonyl (C=O) groups is 3. The van der Waals surface area contributed by atoms with Crippen molar-refractivity contribution in [3.63, 3.8) is 0 Å². The van der Waals surface area contributed by atoms with Crippen molar-refractivity contribution in [3.05, 3.63) is 59.9 Å². The quantitative estimate of drug-likeness (QED) is 0.631. The molecular formula is C26H31FN4O5. The molecule has 2 aromatic carbocycles. The van der Waals surface area contributed by atoms with Crippen molar-refractivity contribution in [2.24, 2.45) is 5.92 Å². The molecule has 9 nitrogen and oxygen atoms in total. The van der Waals surface area contributed by atoms with Gasteiger partial charge in [-0.25, -0.2) is 9.18 Å². The standard InChI is InChI=1S/C26H31FN4O5/c1-16-13-30(14-21(16)28-25(33)24(35-4)18-8-6-5-7-9-18)22-11-10-19(12-20(22)27)31-15-23(36-26(31)34)29(3)17(2)32/h5-12,16,21,23-24H,13-15H2,1-4H3,(H,28,33)/t16-,21+,23?,24?/m1/s1. The fourth-order valence-electron chi connectivity index (χ4n) is 4.62. The molecule has 0 spiro atoms. The summed E-state index contributed by atoms with van der Waals surface area (Å²) in [7, 11) is 3.04. The Kier molecular flexibility index (Phi) is 7.44. The van der Waals surface area contributed by atoms with Crippen LogP contribution < -0.4 is 15.1 Å². The number of carbonyl (C=O) groups excluding carboxylic acids is 3. The molecule has 36 heavy (non-hydrogen) atoms. The number of hydrogen-bond acceptors (Lipinski definition) is 6. The maximum absolute atomic E-state index is 15.2. The predicted octanol–water partition coefficient (Wildman–Crippen LogP) is 2.92. The van der Waals surface area contributed by atoms with Gasteiger partial charge in [-0.3, -0.25) is 14.5 Å². The van der Waals surface area contributed by atoms with E-state index in [1.54, 1.807) is 19.2 Å². The minimum Gasteiger partial charge on any atom is -0.423 e. The van der Waals surface area contributed by atoms with E-state index >= 15 is 4.39 Å². The first-order valence-electron chi connectivity index (χ1n) is 11.8. The summed E-state index contributed by atoms with van der Waals surface area (Å²) in [5.41, 5.74) is 1.50. The van der Waals surface area contributed by atoms with Gasteiger partial charge < -0.3 is 24.6 Å². The molecule has 4 rings (SSSR count). The first-order valence-corrected chi connectivity index (χ1v) is 11.8. The Labute approximate surface area is 209 Å². The lowest BCUT2D eigenvalue weighted by Crippen LogP contribution is -2.42. The molecular weight excluding hydrogens is 467 g/mol. The zero-order chi connectivity index (χ0) is 26.0. The molecule has 2 fully saturated rings. The number of benzene rings is 2. The van der Waals surface area contributed by atoms with Gasteiger partial charge in [0.15, 0.2) is 12.3 Å². The molecule has 10 heteroatoms. The first-order chi connectivity index (χ1) is 17.2. The fraction of sp³-hybridized carbons (Fsp3) is 0.423. The Hall–Kier alpha value is -3.66. The summed E-state index contributed by atoms with van der Waals surface area (Å²) in [6, 6.07) is 13.6. The first kappa shape index (κ1) is 25.4. The van der Waals surface area contributed by atoms with Crippen LogP contribution in [0.1, 0.15) is 25.5 Å². The largest absolute Gasteiger partial charge is 0.423 e. The number of cyclic esters (lactones) is 1. The number of rotatable bonds is 7. The zero-order valence-electron chi connectivity index (χ0n) is 20.8. The van der Waals surface area contributed by atoms with Gasteiger partial charge in [0.25, 0.3) is 5.91 Å². The smallest absolute Gasteiger partial charge is 0.416 e. The number of hydrogen-bond donors (Lipinski definition) is 1. The highest BCUT2D eigenvalue weighted by molar-refractivity contribution is 5.90. The molecule has 0 saturated carbocycles. The lowest BCUT2D eigenvalue weighted by atomic mass is 10.0. The molecule has 3 amide bonds. The average molecular weight is 499 g/mol. The van der Waals surface area contributed by atoms with Crippen molar-refractivity contribution in [1.29, 1.82) is 0 Å². The highest BCUT2D eigenvalue weighted by Crippen LogP contribution is 2.31. The summed E-state index contributed by atoms with van der Waals surface area (Å²) in [4.78, 5) is 41.3. The van der Waals surface area contributed by atoms with Gasteiger partial charge in [0, 0.05) is 34.2 Å². The maximum atomic E-state index is 15.2. The molecule has 2 aromatic rings. The normalized spacial score (nSPS) is 22.4. The molecule has 2 heterocycles. The van der Waals surface area contributed by atoms with Gasteiger partial charge in [-0.15, -0.1) is 0 Å². The lowest BCUT2D eigenvalue weighted by molar-refractivity contribution is -0.134. The highest BCUT2D eigenvalue weighted by Gasteiger charge is 2.37. The van der Waals surface area contributed by atoms with Crippen LogP contribution in [0.2, 0.25) is 0 Å². The van der Waals surface area contributed by atoms with Crippen LogP contribution in [0.3, 0.4) is 0 Å². The monoisotopic (exact) mass is 498 g/mol. The number of methoxy groups -OCH3 is 1. The molecule has 2 unspecified atom stereocenters. The van der Waals surface area contributed by atoms with E-state index in [-0.39, 0.29) is 30.3 Å². The molecule has 1 N–H and O–H groups in total. The third-order valence-electron chi connectivity index (χ3n) is 6.82. The summed E-state index contributed by atoms with van der Waals surface area (Å²) in [6.45, 7) is 4.50. The molecule has 2 aliphatic rings. The number of halogens is 1. The third-order valence-corrected chi connectivity index (χ3v) is 6.82. The van der Waals surface area contributed by atoms with E-state index in [1.165, 1.54) is 29.9 Å². The average Bonchev–Trinajstić information content (AvgIpc) is 3.41. The van der Waals surface area contributed by atoms with Gasteiger partial charge in [-0.05, 0) is 29.7 Å². The second kappa shape index (κ2) is 10.5. The summed E-state index contributed by atoms with van der Waals surface area (Å²) in [6.07, 6.45) is -2.09. The van der Waals surface area contributed by atoms with E-state index in [2.05, 4.69) is 5.32 Å². The second-order valence-corrected chi connectivity index (χ2v) is 9.24. The van der Waals surface area contributed by atoms with Crippen molar-refractivity contribution >= 4 is 29.3 Å². The Bertz CT molecular complexity index is 1130. The zero-order valence-corrected chi connectivity index (χ0v) is 20.8. The van der Waals surface area contributed by atoms with Crippen LogP contribution in [0.25, 0.3) is 0 Å². The van der Waals surface area contributed by atoms with E-state index in [1.807, 2.05) is 42.2 Å². The van der Waals surface area contributed by atoms with E-state index < -0.39 is 24.2 Å². The van der Waals surface area contributed by atoms with Gasteiger partial charge in [0.05, 0.1) is 24.0 Å². The molecule has 0 aromatic heterocycles. The van der Waals surface area contributed by atoms with Gasteiger partial charge in [-0.2, -0.15) is 0 Å². The number of likely N-dealkylation sites (N-methyl/N-ethyl adjacent to an activating group) is 1. The maximum Gasteiger partial charge on any atom is 0.416 e. The van der Waals surface area contributed by atoms with Gasteiger partial charge in [0.1, 0.15) is 5.82 Å². The van der Waals surface area contributed by atoms with Crippen molar-refractivity contribution in [2.45, 2.75) is 32.2 Å². The van der Waals surface area contributed by atoms with Crippen molar-refractivity contribution in [1.82, 2.24) is 10.2 Å². The van der Waals surface area contributed by atoms with Crippen molar-refractivity contribution < 1.29 is 28.2 Å².